The number of nitrogens with zero attached hydrogens (tertiary/aromatic N) is 2. The normalized spacial score (nSPS) is 38.5. The summed E-state index contributed by atoms with van der Waals surface area (Å²) in [6, 6.07) is 0.207. The number of likely N-dealkylation sites (tertiary alicyclic amines) is 2. The first kappa shape index (κ1) is 8.45. The zero-order valence-corrected chi connectivity index (χ0v) is 7.67. The lowest BCUT2D eigenvalue weighted by atomic mass is 10.1. The van der Waals surface area contributed by atoms with Crippen molar-refractivity contribution in [1.29, 1.82) is 0 Å². The summed E-state index contributed by atoms with van der Waals surface area (Å²) < 4.78 is 13.4. The Labute approximate surface area is 73.3 Å². The van der Waals surface area contributed by atoms with Gasteiger partial charge in [0.05, 0.1) is 6.04 Å². The van der Waals surface area contributed by atoms with Crippen LogP contribution in [0, 0.1) is 0 Å². The number of likely N-dealkylation sites (N-methyl/N-ethyl adjacent to an activating group) is 1. The van der Waals surface area contributed by atoms with E-state index in [-0.39, 0.29) is 6.04 Å². The van der Waals surface area contributed by atoms with Crippen molar-refractivity contribution in [3.63, 3.8) is 0 Å². The van der Waals surface area contributed by atoms with Gasteiger partial charge in [0.1, 0.15) is 6.17 Å². The molecule has 0 aromatic carbocycles. The molecule has 2 heterocycles. The Bertz CT molecular complexity index is 159. The SMILES string of the molecule is CCN1C[C@H](F)[C@@H](N2CCC2)C1. The Balaban J connectivity index is 1.89. The minimum atomic E-state index is -0.606. The van der Waals surface area contributed by atoms with Gasteiger partial charge in [0.25, 0.3) is 0 Å². The summed E-state index contributed by atoms with van der Waals surface area (Å²) in [5.74, 6) is 0. The van der Waals surface area contributed by atoms with Crippen molar-refractivity contribution in [1.82, 2.24) is 9.80 Å². The third-order valence-corrected chi connectivity index (χ3v) is 3.10. The quantitative estimate of drug-likeness (QED) is 0.606. The van der Waals surface area contributed by atoms with E-state index >= 15 is 0 Å². The van der Waals surface area contributed by atoms with Crippen LogP contribution in [-0.2, 0) is 0 Å². The zero-order valence-electron chi connectivity index (χ0n) is 7.67. The molecule has 0 aromatic heterocycles. The maximum absolute atomic E-state index is 13.4. The fourth-order valence-corrected chi connectivity index (χ4v) is 2.10. The van der Waals surface area contributed by atoms with Gasteiger partial charge in [-0.1, -0.05) is 6.92 Å². The Morgan fingerprint density at radius 2 is 2.08 bits per heavy atom. The van der Waals surface area contributed by atoms with E-state index in [0.29, 0.717) is 6.54 Å². The van der Waals surface area contributed by atoms with Crippen molar-refractivity contribution >= 4 is 0 Å². The molecule has 0 saturated carbocycles. The fourth-order valence-electron chi connectivity index (χ4n) is 2.10. The van der Waals surface area contributed by atoms with Crippen LogP contribution >= 0.6 is 0 Å². The molecule has 2 atom stereocenters. The second-order valence-electron chi connectivity index (χ2n) is 3.83. The van der Waals surface area contributed by atoms with E-state index in [2.05, 4.69) is 16.7 Å². The summed E-state index contributed by atoms with van der Waals surface area (Å²) in [6.07, 6.45) is 0.653. The lowest BCUT2D eigenvalue weighted by Gasteiger charge is -2.37. The highest BCUT2D eigenvalue weighted by Crippen LogP contribution is 2.22. The van der Waals surface area contributed by atoms with E-state index < -0.39 is 6.17 Å². The van der Waals surface area contributed by atoms with Gasteiger partial charge in [0.2, 0.25) is 0 Å². The van der Waals surface area contributed by atoms with Crippen molar-refractivity contribution < 1.29 is 4.39 Å². The van der Waals surface area contributed by atoms with Crippen LogP contribution < -0.4 is 0 Å². The first-order chi connectivity index (χ1) is 5.81. The summed E-state index contributed by atoms with van der Waals surface area (Å²) in [6.45, 7) is 6.91. The van der Waals surface area contributed by atoms with E-state index in [9.17, 15) is 4.39 Å². The average molecular weight is 172 g/mol. The summed E-state index contributed by atoms with van der Waals surface area (Å²) in [4.78, 5) is 4.48. The molecule has 2 nitrogen and oxygen atoms in total. The van der Waals surface area contributed by atoms with Gasteiger partial charge in [-0.25, -0.2) is 4.39 Å². The van der Waals surface area contributed by atoms with Gasteiger partial charge < -0.3 is 0 Å². The molecule has 12 heavy (non-hydrogen) atoms. The molecule has 0 aromatic rings. The van der Waals surface area contributed by atoms with Gasteiger partial charge >= 0.3 is 0 Å². The summed E-state index contributed by atoms with van der Waals surface area (Å²) in [7, 11) is 0. The molecule has 0 N–H and O–H groups in total. The Kier molecular flexibility index (Phi) is 2.33. The minimum Gasteiger partial charge on any atom is -0.299 e. The van der Waals surface area contributed by atoms with Crippen molar-refractivity contribution in [3.8, 4) is 0 Å². The molecular formula is C9H17FN2. The highest BCUT2D eigenvalue weighted by Gasteiger charge is 2.37. The summed E-state index contributed by atoms with van der Waals surface area (Å²) in [5, 5.41) is 0. The number of rotatable bonds is 2. The van der Waals surface area contributed by atoms with Crippen LogP contribution in [0.5, 0.6) is 0 Å². The van der Waals surface area contributed by atoms with Crippen molar-refractivity contribution in [2.45, 2.75) is 25.6 Å². The molecule has 2 aliphatic heterocycles. The third-order valence-electron chi connectivity index (χ3n) is 3.10. The van der Waals surface area contributed by atoms with Crippen LogP contribution in [0.2, 0.25) is 0 Å². The molecule has 0 unspecified atom stereocenters. The maximum atomic E-state index is 13.4. The topological polar surface area (TPSA) is 6.48 Å². The van der Waals surface area contributed by atoms with Crippen molar-refractivity contribution in [2.24, 2.45) is 0 Å². The van der Waals surface area contributed by atoms with Crippen LogP contribution in [0.15, 0.2) is 0 Å². The van der Waals surface area contributed by atoms with E-state index in [4.69, 9.17) is 0 Å². The Morgan fingerprint density at radius 3 is 2.50 bits per heavy atom. The fraction of sp³-hybridized carbons (Fsp3) is 1.00. The number of hydrogen-bond acceptors (Lipinski definition) is 2. The Morgan fingerprint density at radius 1 is 1.33 bits per heavy atom. The number of hydrogen-bond donors (Lipinski definition) is 0. The van der Waals surface area contributed by atoms with Crippen LogP contribution in [0.25, 0.3) is 0 Å². The lowest BCUT2D eigenvalue weighted by Crippen LogP contribution is -2.49. The standard InChI is InChI=1S/C9H17FN2/c1-2-11-6-8(10)9(7-11)12-4-3-5-12/h8-9H,2-7H2,1H3/t8-,9-/m0/s1. The van der Waals surface area contributed by atoms with Crippen LogP contribution in [0.4, 0.5) is 4.39 Å². The second kappa shape index (κ2) is 3.30. The number of halogens is 1. The third kappa shape index (κ3) is 1.36. The summed E-state index contributed by atoms with van der Waals surface area (Å²) in [5.41, 5.74) is 0. The van der Waals surface area contributed by atoms with Gasteiger partial charge in [-0.2, -0.15) is 0 Å². The highest BCUT2D eigenvalue weighted by atomic mass is 19.1. The van der Waals surface area contributed by atoms with Gasteiger partial charge in [-0.05, 0) is 26.1 Å². The summed E-state index contributed by atoms with van der Waals surface area (Å²) >= 11 is 0. The van der Waals surface area contributed by atoms with Crippen LogP contribution in [-0.4, -0.2) is 54.7 Å². The van der Waals surface area contributed by atoms with Crippen LogP contribution in [0.3, 0.4) is 0 Å². The molecule has 2 fully saturated rings. The first-order valence-electron chi connectivity index (χ1n) is 4.91. The van der Waals surface area contributed by atoms with E-state index in [0.717, 1.165) is 26.2 Å². The predicted octanol–water partition coefficient (Wildman–Crippen LogP) is 0.734. The van der Waals surface area contributed by atoms with E-state index in [1.165, 1.54) is 6.42 Å². The smallest absolute Gasteiger partial charge is 0.129 e. The largest absolute Gasteiger partial charge is 0.299 e. The molecule has 2 saturated heterocycles. The molecular weight excluding hydrogens is 155 g/mol. The maximum Gasteiger partial charge on any atom is 0.129 e. The second-order valence-corrected chi connectivity index (χ2v) is 3.83. The van der Waals surface area contributed by atoms with Crippen LogP contribution in [0.1, 0.15) is 13.3 Å². The highest BCUT2D eigenvalue weighted by molar-refractivity contribution is 4.93. The van der Waals surface area contributed by atoms with Gasteiger partial charge in [-0.15, -0.1) is 0 Å². The van der Waals surface area contributed by atoms with E-state index in [1.54, 1.807) is 0 Å². The monoisotopic (exact) mass is 172 g/mol. The van der Waals surface area contributed by atoms with Gasteiger partial charge in [0, 0.05) is 13.1 Å². The van der Waals surface area contributed by atoms with Gasteiger partial charge in [-0.3, -0.25) is 9.80 Å². The molecule has 3 heteroatoms. The van der Waals surface area contributed by atoms with Crippen molar-refractivity contribution in [3.05, 3.63) is 0 Å². The first-order valence-corrected chi connectivity index (χ1v) is 4.91. The Hall–Kier alpha value is -0.150. The average Bonchev–Trinajstić information content (AvgIpc) is 2.29. The molecule has 2 aliphatic rings. The zero-order chi connectivity index (χ0) is 8.55. The molecule has 70 valence electrons. The number of alkyl halides is 1. The van der Waals surface area contributed by atoms with Gasteiger partial charge in [0.15, 0.2) is 0 Å². The molecule has 0 amide bonds. The molecule has 0 aliphatic carbocycles. The van der Waals surface area contributed by atoms with Crippen molar-refractivity contribution in [2.75, 3.05) is 32.7 Å². The molecule has 2 rings (SSSR count). The molecule has 0 bridgehead atoms. The lowest BCUT2D eigenvalue weighted by molar-refractivity contribution is 0.0837. The molecule has 0 radical (unpaired) electrons. The predicted molar refractivity (Wildman–Crippen MR) is 47.0 cm³/mol. The molecule has 0 spiro atoms. The van der Waals surface area contributed by atoms with E-state index in [1.807, 2.05) is 0 Å². The minimum absolute atomic E-state index is 0.207.